The molecule has 1 N–H and O–H groups in total. The largest absolute Gasteiger partial charge is 0.573 e. The fourth-order valence-corrected chi connectivity index (χ4v) is 2.29. The Morgan fingerprint density at radius 3 is 2.12 bits per heavy atom. The third-order valence-corrected chi connectivity index (χ3v) is 3.48. The van der Waals surface area contributed by atoms with E-state index in [1.807, 2.05) is 0 Å². The van der Waals surface area contributed by atoms with E-state index in [9.17, 15) is 13.2 Å². The minimum absolute atomic E-state index is 0.0375. The summed E-state index contributed by atoms with van der Waals surface area (Å²) < 4.78 is 40.3. The van der Waals surface area contributed by atoms with Gasteiger partial charge in [0.05, 0.1) is 0 Å². The number of rotatable bonds is 4. The minimum atomic E-state index is -4.75. The fourth-order valence-electron chi connectivity index (χ4n) is 2.00. The highest BCUT2D eigenvalue weighted by Crippen LogP contribution is 2.26. The maximum Gasteiger partial charge on any atom is 0.573 e. The van der Waals surface area contributed by atoms with Gasteiger partial charge in [-0.3, -0.25) is 0 Å². The van der Waals surface area contributed by atoms with Crippen LogP contribution in [0.3, 0.4) is 0 Å². The summed E-state index contributed by atoms with van der Waals surface area (Å²) in [6.45, 7) is 0. The normalized spacial score (nSPS) is 11.3. The van der Waals surface area contributed by atoms with Crippen LogP contribution in [-0.4, -0.2) is 21.3 Å². The van der Waals surface area contributed by atoms with Gasteiger partial charge >= 0.3 is 6.36 Å². The Hall–Kier alpha value is -2.58. The molecule has 0 aliphatic heterocycles. The van der Waals surface area contributed by atoms with E-state index < -0.39 is 6.36 Å². The first-order valence-electron chi connectivity index (χ1n) is 7.09. The lowest BCUT2D eigenvalue weighted by atomic mass is 10.2. The number of hydrogen-bond donors (Lipinski definition) is 1. The molecule has 0 saturated heterocycles. The van der Waals surface area contributed by atoms with Crippen molar-refractivity contribution in [1.82, 2.24) is 15.0 Å². The number of benzene rings is 2. The number of nitrogens with zero attached hydrogens (tertiary/aromatic N) is 3. The molecule has 0 unspecified atom stereocenters. The first kappa shape index (κ1) is 18.2. The number of anilines is 2. The van der Waals surface area contributed by atoms with Gasteiger partial charge in [-0.25, -0.2) is 0 Å². The highest BCUT2D eigenvalue weighted by molar-refractivity contribution is 6.30. The van der Waals surface area contributed by atoms with Crippen LogP contribution in [0.15, 0.2) is 48.5 Å². The molecule has 5 nitrogen and oxygen atoms in total. The molecular formula is C16H9Cl2F3N4O. The fraction of sp³-hybridized carbons (Fsp3) is 0.0625. The Bertz CT molecular complexity index is 903. The van der Waals surface area contributed by atoms with Crippen LogP contribution in [0.25, 0.3) is 11.4 Å². The topological polar surface area (TPSA) is 59.9 Å². The van der Waals surface area contributed by atoms with Crippen molar-refractivity contribution in [2.24, 2.45) is 0 Å². The number of alkyl halides is 3. The van der Waals surface area contributed by atoms with Gasteiger partial charge in [0.2, 0.25) is 11.2 Å². The molecule has 2 aromatic carbocycles. The van der Waals surface area contributed by atoms with Crippen LogP contribution in [0, 0.1) is 0 Å². The molecule has 0 spiro atoms. The molecule has 0 radical (unpaired) electrons. The van der Waals surface area contributed by atoms with E-state index in [-0.39, 0.29) is 17.0 Å². The highest BCUT2D eigenvalue weighted by Gasteiger charge is 2.30. The van der Waals surface area contributed by atoms with Crippen LogP contribution in [-0.2, 0) is 0 Å². The minimum Gasteiger partial charge on any atom is -0.406 e. The van der Waals surface area contributed by atoms with Crippen molar-refractivity contribution >= 4 is 34.8 Å². The smallest absolute Gasteiger partial charge is 0.406 e. The van der Waals surface area contributed by atoms with Crippen LogP contribution in [0.4, 0.5) is 24.8 Å². The molecular weight excluding hydrogens is 392 g/mol. The summed E-state index contributed by atoms with van der Waals surface area (Å²) in [7, 11) is 0. The molecule has 0 atom stereocenters. The predicted molar refractivity (Wildman–Crippen MR) is 91.7 cm³/mol. The third kappa shape index (κ3) is 4.96. The van der Waals surface area contributed by atoms with Crippen LogP contribution in [0.5, 0.6) is 5.75 Å². The van der Waals surface area contributed by atoms with Crippen LogP contribution < -0.4 is 10.1 Å². The lowest BCUT2D eigenvalue weighted by Gasteiger charge is -2.10. The molecule has 0 fully saturated rings. The summed E-state index contributed by atoms with van der Waals surface area (Å²) in [6, 6.07) is 11.9. The highest BCUT2D eigenvalue weighted by atomic mass is 35.5. The molecule has 1 aromatic heterocycles. The monoisotopic (exact) mass is 400 g/mol. The summed E-state index contributed by atoms with van der Waals surface area (Å²) in [5, 5.41) is 3.37. The van der Waals surface area contributed by atoms with E-state index in [2.05, 4.69) is 25.0 Å². The molecule has 134 valence electrons. The quantitative estimate of drug-likeness (QED) is 0.627. The summed E-state index contributed by atoms with van der Waals surface area (Å²) in [5.41, 5.74) is 1.12. The SMILES string of the molecule is FC(F)(F)Oc1ccc(Nc2nc(Cl)nc(-c3ccc(Cl)cc3)n2)cc1. The third-order valence-electron chi connectivity index (χ3n) is 3.05. The summed E-state index contributed by atoms with van der Waals surface area (Å²) >= 11 is 11.8. The first-order valence-corrected chi connectivity index (χ1v) is 7.84. The van der Waals surface area contributed by atoms with Gasteiger partial charge in [0.25, 0.3) is 0 Å². The van der Waals surface area contributed by atoms with Crippen molar-refractivity contribution in [3.63, 3.8) is 0 Å². The van der Waals surface area contributed by atoms with Crippen LogP contribution in [0.2, 0.25) is 10.3 Å². The molecule has 26 heavy (non-hydrogen) atoms. The van der Waals surface area contributed by atoms with E-state index in [1.54, 1.807) is 24.3 Å². The zero-order chi connectivity index (χ0) is 18.7. The Morgan fingerprint density at radius 2 is 1.50 bits per heavy atom. The second kappa shape index (κ2) is 7.35. The maximum absolute atomic E-state index is 12.2. The predicted octanol–water partition coefficient (Wildman–Crippen LogP) is 5.49. The molecule has 3 rings (SSSR count). The van der Waals surface area contributed by atoms with E-state index in [0.717, 1.165) is 0 Å². The Labute approximate surface area is 155 Å². The van der Waals surface area contributed by atoms with Gasteiger partial charge in [0.1, 0.15) is 5.75 Å². The zero-order valence-corrected chi connectivity index (χ0v) is 14.3. The maximum atomic E-state index is 12.2. The average molecular weight is 401 g/mol. The second-order valence-corrected chi connectivity index (χ2v) is 5.73. The second-order valence-electron chi connectivity index (χ2n) is 4.96. The standard InChI is InChI=1S/C16H9Cl2F3N4O/c17-10-3-1-9(2-4-10)13-23-14(18)25-15(24-13)22-11-5-7-12(8-6-11)26-16(19,20)21/h1-8H,(H,22,23,24,25). The van der Waals surface area contributed by atoms with Gasteiger partial charge in [0.15, 0.2) is 5.82 Å². The van der Waals surface area contributed by atoms with Crippen molar-refractivity contribution in [3.8, 4) is 17.1 Å². The summed E-state index contributed by atoms with van der Waals surface area (Å²) in [4.78, 5) is 12.2. The molecule has 10 heteroatoms. The van der Waals surface area contributed by atoms with Crippen molar-refractivity contribution in [1.29, 1.82) is 0 Å². The lowest BCUT2D eigenvalue weighted by Crippen LogP contribution is -2.17. The van der Waals surface area contributed by atoms with Crippen LogP contribution in [0.1, 0.15) is 0 Å². The van der Waals surface area contributed by atoms with Crippen molar-refractivity contribution in [2.45, 2.75) is 6.36 Å². The first-order chi connectivity index (χ1) is 12.3. The number of hydrogen-bond acceptors (Lipinski definition) is 5. The molecule has 0 saturated carbocycles. The van der Waals surface area contributed by atoms with Gasteiger partial charge in [-0.05, 0) is 60.1 Å². The Kier molecular flexibility index (Phi) is 5.15. The van der Waals surface area contributed by atoms with Gasteiger partial charge in [-0.2, -0.15) is 15.0 Å². The van der Waals surface area contributed by atoms with Crippen molar-refractivity contribution in [2.75, 3.05) is 5.32 Å². The molecule has 0 bridgehead atoms. The number of halogens is 5. The van der Waals surface area contributed by atoms with Gasteiger partial charge in [-0.15, -0.1) is 13.2 Å². The van der Waals surface area contributed by atoms with Gasteiger partial charge < -0.3 is 10.1 Å². The van der Waals surface area contributed by atoms with Gasteiger partial charge in [-0.1, -0.05) is 11.6 Å². The number of aromatic nitrogens is 3. The summed E-state index contributed by atoms with van der Waals surface area (Å²) in [6.07, 6.45) is -4.75. The van der Waals surface area contributed by atoms with Crippen LogP contribution >= 0.6 is 23.2 Å². The lowest BCUT2D eigenvalue weighted by molar-refractivity contribution is -0.274. The molecule has 1 heterocycles. The Balaban J connectivity index is 1.80. The molecule has 0 aliphatic carbocycles. The summed E-state index contributed by atoms with van der Waals surface area (Å²) in [5.74, 6) is 0.124. The van der Waals surface area contributed by atoms with Gasteiger partial charge in [0, 0.05) is 16.3 Å². The van der Waals surface area contributed by atoms with Crippen molar-refractivity contribution in [3.05, 3.63) is 58.8 Å². The van der Waals surface area contributed by atoms with E-state index in [0.29, 0.717) is 22.1 Å². The number of nitrogens with one attached hydrogen (secondary N) is 1. The van der Waals surface area contributed by atoms with E-state index in [1.165, 1.54) is 24.3 Å². The molecule has 3 aromatic rings. The molecule has 0 aliphatic rings. The molecule has 0 amide bonds. The number of ether oxygens (including phenoxy) is 1. The van der Waals surface area contributed by atoms with E-state index >= 15 is 0 Å². The Morgan fingerprint density at radius 1 is 0.846 bits per heavy atom. The average Bonchev–Trinajstić information content (AvgIpc) is 2.55. The van der Waals surface area contributed by atoms with E-state index in [4.69, 9.17) is 23.2 Å². The van der Waals surface area contributed by atoms with Crippen molar-refractivity contribution < 1.29 is 17.9 Å². The zero-order valence-electron chi connectivity index (χ0n) is 12.8.